The lowest BCUT2D eigenvalue weighted by atomic mass is 10.1. The molecule has 0 aliphatic carbocycles. The van der Waals surface area contributed by atoms with E-state index in [2.05, 4.69) is 10.1 Å². The van der Waals surface area contributed by atoms with Crippen molar-refractivity contribution in [3.8, 4) is 0 Å². The predicted molar refractivity (Wildman–Crippen MR) is 64.1 cm³/mol. The number of carbonyl (C=O) groups is 1. The molecular weight excluding hydrogens is 222 g/mol. The molecular formula is C12H17NO4. The van der Waals surface area contributed by atoms with Gasteiger partial charge in [-0.2, -0.15) is 0 Å². The lowest BCUT2D eigenvalue weighted by Crippen LogP contribution is -2.24. The number of esters is 1. The lowest BCUT2D eigenvalue weighted by molar-refractivity contribution is 0.0601. The largest absolute Gasteiger partial charge is 0.465 e. The molecule has 5 nitrogen and oxygen atoms in total. The summed E-state index contributed by atoms with van der Waals surface area (Å²) in [7, 11) is 1.32. The smallest absolute Gasteiger partial charge is 0.339 e. The Morgan fingerprint density at radius 3 is 2.82 bits per heavy atom. The SMILES string of the molecule is COC(=O)c1cccc(C)c1NCC(O)CO. The Morgan fingerprint density at radius 2 is 2.24 bits per heavy atom. The second-order valence-electron chi connectivity index (χ2n) is 3.71. The minimum absolute atomic E-state index is 0.172. The zero-order valence-electron chi connectivity index (χ0n) is 9.93. The van der Waals surface area contributed by atoms with Gasteiger partial charge in [0, 0.05) is 6.54 Å². The minimum Gasteiger partial charge on any atom is -0.465 e. The van der Waals surface area contributed by atoms with Gasteiger partial charge in [0.05, 0.1) is 31.1 Å². The molecule has 0 fully saturated rings. The van der Waals surface area contributed by atoms with Crippen molar-refractivity contribution in [2.75, 3.05) is 25.6 Å². The van der Waals surface area contributed by atoms with Gasteiger partial charge in [0.1, 0.15) is 0 Å². The summed E-state index contributed by atoms with van der Waals surface area (Å²) in [6.45, 7) is 1.69. The van der Waals surface area contributed by atoms with Crippen molar-refractivity contribution >= 4 is 11.7 Å². The molecule has 1 aromatic carbocycles. The molecule has 1 unspecified atom stereocenters. The quantitative estimate of drug-likeness (QED) is 0.654. The summed E-state index contributed by atoms with van der Waals surface area (Å²) >= 11 is 0. The Balaban J connectivity index is 2.92. The molecule has 3 N–H and O–H groups in total. The number of aryl methyl sites for hydroxylation is 1. The summed E-state index contributed by atoms with van der Waals surface area (Å²) in [5.41, 5.74) is 1.91. The number of ether oxygens (including phenoxy) is 1. The molecule has 94 valence electrons. The maximum absolute atomic E-state index is 11.5. The number of benzene rings is 1. The number of carbonyl (C=O) groups excluding carboxylic acids is 1. The molecule has 1 rings (SSSR count). The molecule has 0 aliphatic heterocycles. The van der Waals surface area contributed by atoms with E-state index < -0.39 is 12.1 Å². The third-order valence-corrected chi connectivity index (χ3v) is 2.40. The Labute approximate surface area is 100 Å². The molecule has 0 spiro atoms. The highest BCUT2D eigenvalue weighted by Crippen LogP contribution is 2.21. The number of aliphatic hydroxyl groups excluding tert-OH is 2. The average molecular weight is 239 g/mol. The average Bonchev–Trinajstić information content (AvgIpc) is 2.35. The topological polar surface area (TPSA) is 78.8 Å². The monoisotopic (exact) mass is 239 g/mol. The van der Waals surface area contributed by atoms with Crippen LogP contribution in [0.25, 0.3) is 0 Å². The zero-order chi connectivity index (χ0) is 12.8. The number of rotatable bonds is 5. The van der Waals surface area contributed by atoms with Crippen LogP contribution in [0.4, 0.5) is 5.69 Å². The molecule has 0 amide bonds. The highest BCUT2D eigenvalue weighted by atomic mass is 16.5. The van der Waals surface area contributed by atoms with E-state index in [1.54, 1.807) is 12.1 Å². The van der Waals surface area contributed by atoms with Gasteiger partial charge in [-0.1, -0.05) is 12.1 Å². The van der Waals surface area contributed by atoms with Crippen molar-refractivity contribution in [1.82, 2.24) is 0 Å². The van der Waals surface area contributed by atoms with Crippen molar-refractivity contribution in [1.29, 1.82) is 0 Å². The third kappa shape index (κ3) is 3.44. The number of aliphatic hydroxyl groups is 2. The van der Waals surface area contributed by atoms with Gasteiger partial charge < -0.3 is 20.3 Å². The van der Waals surface area contributed by atoms with Crippen LogP contribution in [0.2, 0.25) is 0 Å². The number of hydrogen-bond acceptors (Lipinski definition) is 5. The molecule has 1 aromatic rings. The van der Waals surface area contributed by atoms with Crippen molar-refractivity contribution in [2.45, 2.75) is 13.0 Å². The van der Waals surface area contributed by atoms with Gasteiger partial charge in [-0.3, -0.25) is 0 Å². The van der Waals surface area contributed by atoms with E-state index in [1.807, 2.05) is 13.0 Å². The molecule has 17 heavy (non-hydrogen) atoms. The fourth-order valence-electron chi connectivity index (χ4n) is 1.47. The molecule has 0 aromatic heterocycles. The van der Waals surface area contributed by atoms with Crippen molar-refractivity contribution in [2.24, 2.45) is 0 Å². The summed E-state index contributed by atoms with van der Waals surface area (Å²) in [6.07, 6.45) is -0.861. The van der Waals surface area contributed by atoms with Gasteiger partial charge in [-0.15, -0.1) is 0 Å². The standard InChI is InChI=1S/C12H17NO4/c1-8-4-3-5-10(12(16)17-2)11(8)13-6-9(15)7-14/h3-5,9,13-15H,6-7H2,1-2H3. The number of nitrogens with one attached hydrogen (secondary N) is 1. The predicted octanol–water partition coefficient (Wildman–Crippen LogP) is 0.547. The first-order valence-electron chi connectivity index (χ1n) is 5.30. The van der Waals surface area contributed by atoms with Crippen LogP contribution in [0, 0.1) is 6.92 Å². The van der Waals surface area contributed by atoms with Crippen LogP contribution >= 0.6 is 0 Å². The summed E-state index contributed by atoms with van der Waals surface area (Å²) in [6, 6.07) is 5.25. The summed E-state index contributed by atoms with van der Waals surface area (Å²) < 4.78 is 4.67. The summed E-state index contributed by atoms with van der Waals surface area (Å²) in [4.78, 5) is 11.5. The highest BCUT2D eigenvalue weighted by molar-refractivity contribution is 5.96. The van der Waals surface area contributed by atoms with Gasteiger partial charge >= 0.3 is 5.97 Å². The van der Waals surface area contributed by atoms with Crippen LogP contribution in [-0.2, 0) is 4.74 Å². The van der Waals surface area contributed by atoms with Gasteiger partial charge in [-0.05, 0) is 18.6 Å². The molecule has 0 saturated carbocycles. The van der Waals surface area contributed by atoms with Crippen LogP contribution in [0.3, 0.4) is 0 Å². The minimum atomic E-state index is -0.861. The first kappa shape index (κ1) is 13.5. The summed E-state index contributed by atoms with van der Waals surface area (Å²) in [5.74, 6) is -0.435. The van der Waals surface area contributed by atoms with E-state index >= 15 is 0 Å². The number of methoxy groups -OCH3 is 1. The molecule has 0 heterocycles. The first-order valence-corrected chi connectivity index (χ1v) is 5.30. The Morgan fingerprint density at radius 1 is 1.53 bits per heavy atom. The van der Waals surface area contributed by atoms with E-state index in [9.17, 15) is 9.90 Å². The molecule has 0 radical (unpaired) electrons. The maximum Gasteiger partial charge on any atom is 0.339 e. The fraction of sp³-hybridized carbons (Fsp3) is 0.417. The van der Waals surface area contributed by atoms with Crippen LogP contribution in [0.1, 0.15) is 15.9 Å². The van der Waals surface area contributed by atoms with Crippen molar-refractivity contribution < 1.29 is 19.7 Å². The normalized spacial score (nSPS) is 12.0. The molecule has 1 atom stereocenters. The van der Waals surface area contributed by atoms with E-state index in [1.165, 1.54) is 7.11 Å². The highest BCUT2D eigenvalue weighted by Gasteiger charge is 2.14. The van der Waals surface area contributed by atoms with Crippen LogP contribution in [0.5, 0.6) is 0 Å². The zero-order valence-corrected chi connectivity index (χ0v) is 9.93. The van der Waals surface area contributed by atoms with E-state index in [4.69, 9.17) is 5.11 Å². The van der Waals surface area contributed by atoms with E-state index in [0.717, 1.165) is 5.56 Å². The van der Waals surface area contributed by atoms with Gasteiger partial charge in [0.2, 0.25) is 0 Å². The number of anilines is 1. The Kier molecular flexibility index (Phi) is 4.93. The third-order valence-electron chi connectivity index (χ3n) is 2.40. The second kappa shape index (κ2) is 6.22. The first-order chi connectivity index (χ1) is 8.10. The van der Waals surface area contributed by atoms with Gasteiger partial charge in [0.25, 0.3) is 0 Å². The maximum atomic E-state index is 11.5. The summed E-state index contributed by atoms with van der Waals surface area (Å²) in [5, 5.41) is 20.9. The lowest BCUT2D eigenvalue weighted by Gasteiger charge is -2.15. The number of para-hydroxylation sites is 1. The molecule has 0 aliphatic rings. The van der Waals surface area contributed by atoms with Crippen LogP contribution < -0.4 is 5.32 Å². The van der Waals surface area contributed by atoms with Crippen LogP contribution in [0.15, 0.2) is 18.2 Å². The van der Waals surface area contributed by atoms with Crippen molar-refractivity contribution in [3.63, 3.8) is 0 Å². The Hall–Kier alpha value is -1.59. The molecule has 5 heteroatoms. The van der Waals surface area contributed by atoms with E-state index in [-0.39, 0.29) is 13.2 Å². The molecule has 0 saturated heterocycles. The van der Waals surface area contributed by atoms with Gasteiger partial charge in [0.15, 0.2) is 0 Å². The molecule has 0 bridgehead atoms. The van der Waals surface area contributed by atoms with Gasteiger partial charge in [-0.25, -0.2) is 4.79 Å². The van der Waals surface area contributed by atoms with E-state index in [0.29, 0.717) is 11.3 Å². The Bertz CT molecular complexity index is 392. The second-order valence-corrected chi connectivity index (χ2v) is 3.71. The van der Waals surface area contributed by atoms with Crippen molar-refractivity contribution in [3.05, 3.63) is 29.3 Å². The fourth-order valence-corrected chi connectivity index (χ4v) is 1.47. The number of hydrogen-bond donors (Lipinski definition) is 3. The van der Waals surface area contributed by atoms with Crippen LogP contribution in [-0.4, -0.2) is 42.5 Å².